The number of nitrogens with zero attached hydrogens (tertiary/aromatic N) is 3. The van der Waals surface area contributed by atoms with E-state index in [0.29, 0.717) is 0 Å². The molecular formula is C9H12BrF2N3. The Morgan fingerprint density at radius 1 is 1.40 bits per heavy atom. The van der Waals surface area contributed by atoms with Gasteiger partial charge in [-0.2, -0.15) is 0 Å². The summed E-state index contributed by atoms with van der Waals surface area (Å²) in [7, 11) is 3.61. The molecule has 0 spiro atoms. The highest BCUT2D eigenvalue weighted by atomic mass is 79.9. The molecule has 0 aliphatic heterocycles. The molecule has 0 saturated carbocycles. The van der Waals surface area contributed by atoms with Crippen LogP contribution in [0.1, 0.15) is 0 Å². The zero-order valence-electron chi connectivity index (χ0n) is 8.49. The molecule has 0 aromatic rings. The van der Waals surface area contributed by atoms with Crippen LogP contribution < -0.4 is 0 Å². The summed E-state index contributed by atoms with van der Waals surface area (Å²) in [4.78, 5) is 9.19. The molecule has 84 valence electrons. The molecule has 0 amide bonds. The van der Waals surface area contributed by atoms with Gasteiger partial charge < -0.3 is 4.90 Å². The van der Waals surface area contributed by atoms with Crippen molar-refractivity contribution in [1.29, 1.82) is 0 Å². The highest BCUT2D eigenvalue weighted by molar-refractivity contribution is 9.12. The Bertz CT molecular complexity index is 296. The van der Waals surface area contributed by atoms with Gasteiger partial charge in [0, 0.05) is 30.4 Å². The van der Waals surface area contributed by atoms with Gasteiger partial charge in [-0.05, 0) is 15.9 Å². The van der Waals surface area contributed by atoms with Crippen molar-refractivity contribution in [2.75, 3.05) is 14.1 Å². The summed E-state index contributed by atoms with van der Waals surface area (Å²) in [5.41, 5.74) is -0.302. The number of hydrogen-bond donors (Lipinski definition) is 0. The normalized spacial score (nSPS) is 13.1. The van der Waals surface area contributed by atoms with Crippen molar-refractivity contribution in [3.05, 3.63) is 22.8 Å². The lowest BCUT2D eigenvalue weighted by molar-refractivity contribution is 0.194. The van der Waals surface area contributed by atoms with Crippen molar-refractivity contribution in [1.82, 2.24) is 4.90 Å². The van der Waals surface area contributed by atoms with Gasteiger partial charge in [-0.3, -0.25) is 0 Å². The Morgan fingerprint density at radius 2 is 2.00 bits per heavy atom. The third kappa shape index (κ3) is 6.96. The summed E-state index contributed by atoms with van der Waals surface area (Å²) < 4.78 is 24.4. The minimum atomic E-state index is -2.59. The van der Waals surface area contributed by atoms with Crippen LogP contribution in [0.2, 0.25) is 0 Å². The van der Waals surface area contributed by atoms with E-state index in [-0.39, 0.29) is 10.1 Å². The average Bonchev–Trinajstić information content (AvgIpc) is 2.15. The molecule has 0 saturated heterocycles. The van der Waals surface area contributed by atoms with Crippen LogP contribution in [0.5, 0.6) is 0 Å². The van der Waals surface area contributed by atoms with Gasteiger partial charge >= 0.3 is 0 Å². The van der Waals surface area contributed by atoms with Crippen LogP contribution in [0, 0.1) is 0 Å². The lowest BCUT2D eigenvalue weighted by Crippen LogP contribution is -2.07. The number of allylic oxidation sites excluding steroid dienone is 2. The van der Waals surface area contributed by atoms with E-state index in [2.05, 4.69) is 32.5 Å². The van der Waals surface area contributed by atoms with Crippen molar-refractivity contribution in [3.63, 3.8) is 0 Å². The second-order valence-electron chi connectivity index (χ2n) is 2.80. The van der Waals surface area contributed by atoms with Gasteiger partial charge in [0.1, 0.15) is 6.34 Å². The van der Waals surface area contributed by atoms with Gasteiger partial charge in [0.2, 0.25) is 0 Å². The molecule has 3 nitrogen and oxygen atoms in total. The smallest absolute Gasteiger partial charge is 0.264 e. The molecule has 0 heterocycles. The molecule has 15 heavy (non-hydrogen) atoms. The van der Waals surface area contributed by atoms with E-state index in [4.69, 9.17) is 0 Å². The van der Waals surface area contributed by atoms with Crippen LogP contribution >= 0.6 is 15.9 Å². The molecule has 0 radical (unpaired) electrons. The molecule has 6 heteroatoms. The van der Waals surface area contributed by atoms with Gasteiger partial charge in [0.05, 0.1) is 6.34 Å². The summed E-state index contributed by atoms with van der Waals surface area (Å²) in [6.07, 6.45) is 1.42. The zero-order valence-corrected chi connectivity index (χ0v) is 10.1. The highest BCUT2D eigenvalue weighted by Gasteiger charge is 2.10. The second kappa shape index (κ2) is 7.28. The summed E-state index contributed by atoms with van der Waals surface area (Å²) in [6.45, 7) is 3.20. The molecule has 0 fully saturated rings. The van der Waals surface area contributed by atoms with Crippen molar-refractivity contribution in [3.8, 4) is 0 Å². The minimum absolute atomic E-state index is 0.161. The fourth-order valence-corrected chi connectivity index (χ4v) is 0.779. The third-order valence-electron chi connectivity index (χ3n) is 1.19. The largest absolute Gasteiger partial charge is 0.369 e. The minimum Gasteiger partial charge on any atom is -0.369 e. The van der Waals surface area contributed by atoms with Crippen molar-refractivity contribution in [2.24, 2.45) is 9.98 Å². The standard InChI is InChI=1S/C9H12BrF2N3/c1-7(9(11)12)8(10)4-13-5-14-6-15(2)3/h4-6,9H,1H2,2-3H3/b8-4+,13-5?,14-6?. The first-order valence-electron chi connectivity index (χ1n) is 3.99. The first kappa shape index (κ1) is 14.0. The third-order valence-corrected chi connectivity index (χ3v) is 1.90. The van der Waals surface area contributed by atoms with E-state index in [1.807, 2.05) is 14.1 Å². The maximum atomic E-state index is 12.1. The van der Waals surface area contributed by atoms with Crippen LogP contribution in [0.4, 0.5) is 8.78 Å². The lowest BCUT2D eigenvalue weighted by Gasteiger charge is -2.00. The van der Waals surface area contributed by atoms with Gasteiger partial charge in [-0.25, -0.2) is 18.8 Å². The van der Waals surface area contributed by atoms with E-state index in [0.717, 1.165) is 0 Å². The van der Waals surface area contributed by atoms with Crippen LogP contribution in [-0.2, 0) is 0 Å². The Balaban J connectivity index is 4.22. The maximum absolute atomic E-state index is 12.1. The van der Waals surface area contributed by atoms with Crippen LogP contribution in [0.25, 0.3) is 0 Å². The maximum Gasteiger partial charge on any atom is 0.264 e. The van der Waals surface area contributed by atoms with Crippen molar-refractivity contribution in [2.45, 2.75) is 6.43 Å². The SMILES string of the molecule is C=C(/C(Br)=C\N=CN=CN(C)C)C(F)F. The Hall–Kier alpha value is -1.04. The van der Waals surface area contributed by atoms with E-state index < -0.39 is 6.43 Å². The Morgan fingerprint density at radius 3 is 2.47 bits per heavy atom. The van der Waals surface area contributed by atoms with E-state index in [9.17, 15) is 8.78 Å². The predicted octanol–water partition coefficient (Wildman–Crippen LogP) is 2.66. The molecule has 0 bridgehead atoms. The molecule has 0 aromatic carbocycles. The van der Waals surface area contributed by atoms with Crippen LogP contribution in [0.3, 0.4) is 0 Å². The fraction of sp³-hybridized carbons (Fsp3) is 0.333. The van der Waals surface area contributed by atoms with Crippen molar-refractivity contribution < 1.29 is 8.78 Å². The number of hydrogen-bond acceptors (Lipinski definition) is 1. The van der Waals surface area contributed by atoms with E-state index in [1.165, 1.54) is 18.9 Å². The summed E-state index contributed by atoms with van der Waals surface area (Å²) in [5, 5.41) is 0. The monoisotopic (exact) mass is 279 g/mol. The molecule has 0 unspecified atom stereocenters. The summed E-state index contributed by atoms with van der Waals surface area (Å²) >= 11 is 2.93. The molecule has 0 atom stereocenters. The topological polar surface area (TPSA) is 28.0 Å². The Labute approximate surface area is 96.0 Å². The average molecular weight is 280 g/mol. The number of alkyl halides is 2. The summed E-state index contributed by atoms with van der Waals surface area (Å²) in [6, 6.07) is 0. The molecule has 0 N–H and O–H groups in total. The zero-order chi connectivity index (χ0) is 11.8. The molecule has 0 aromatic heterocycles. The lowest BCUT2D eigenvalue weighted by atomic mass is 10.3. The van der Waals surface area contributed by atoms with Crippen LogP contribution in [-0.4, -0.2) is 38.1 Å². The van der Waals surface area contributed by atoms with Gasteiger partial charge in [-0.15, -0.1) is 0 Å². The first-order chi connectivity index (χ1) is 6.95. The highest BCUT2D eigenvalue weighted by Crippen LogP contribution is 2.21. The van der Waals surface area contributed by atoms with Gasteiger partial charge in [0.15, 0.2) is 0 Å². The number of rotatable bonds is 5. The van der Waals surface area contributed by atoms with Crippen LogP contribution in [0.15, 0.2) is 32.8 Å². The van der Waals surface area contributed by atoms with E-state index in [1.54, 1.807) is 4.90 Å². The number of halogens is 3. The van der Waals surface area contributed by atoms with Crippen molar-refractivity contribution >= 4 is 28.6 Å². The quantitative estimate of drug-likeness (QED) is 0.432. The van der Waals surface area contributed by atoms with E-state index >= 15 is 0 Å². The Kier molecular flexibility index (Phi) is 6.77. The summed E-state index contributed by atoms with van der Waals surface area (Å²) in [5.74, 6) is 0. The first-order valence-corrected chi connectivity index (χ1v) is 4.78. The second-order valence-corrected chi connectivity index (χ2v) is 3.65. The van der Waals surface area contributed by atoms with Gasteiger partial charge in [-0.1, -0.05) is 6.58 Å². The molecule has 0 aliphatic carbocycles. The molecule has 0 aliphatic rings. The number of aliphatic imine (C=N–C) groups is 2. The van der Waals surface area contributed by atoms with Gasteiger partial charge in [0.25, 0.3) is 6.43 Å². The molecular weight excluding hydrogens is 268 g/mol. The fourth-order valence-electron chi connectivity index (χ4n) is 0.488. The predicted molar refractivity (Wildman–Crippen MR) is 62.8 cm³/mol. The molecule has 0 rings (SSSR count).